The van der Waals surface area contributed by atoms with Crippen LogP contribution in [0.15, 0.2) is 53.8 Å². The maximum Gasteiger partial charge on any atom is 0.418 e. The zero-order chi connectivity index (χ0) is 30.7. The molecule has 8 nitrogen and oxygen atoms in total. The van der Waals surface area contributed by atoms with E-state index in [1.54, 1.807) is 29.4 Å². The van der Waals surface area contributed by atoms with Gasteiger partial charge in [-0.1, -0.05) is 19.1 Å². The molecule has 0 amide bonds. The van der Waals surface area contributed by atoms with E-state index in [0.717, 1.165) is 21.9 Å². The largest absolute Gasteiger partial charge is 0.418 e. The highest BCUT2D eigenvalue weighted by atomic mass is 19.4. The van der Waals surface area contributed by atoms with Crippen molar-refractivity contribution in [2.24, 2.45) is 18.9 Å². The van der Waals surface area contributed by atoms with E-state index in [-0.39, 0.29) is 43.1 Å². The number of imidazole rings is 1. The van der Waals surface area contributed by atoms with Gasteiger partial charge in [0.2, 0.25) is 0 Å². The van der Waals surface area contributed by atoms with E-state index in [9.17, 15) is 32.0 Å². The van der Waals surface area contributed by atoms with Crippen molar-refractivity contribution in [2.45, 2.75) is 56.7 Å². The Bertz CT molecular complexity index is 1770. The van der Waals surface area contributed by atoms with Crippen LogP contribution in [-0.2, 0) is 31.6 Å². The van der Waals surface area contributed by atoms with E-state index in [0.29, 0.717) is 24.9 Å². The van der Waals surface area contributed by atoms with Crippen LogP contribution in [0.5, 0.6) is 0 Å². The van der Waals surface area contributed by atoms with Crippen LogP contribution in [0.4, 0.5) is 22.0 Å². The third-order valence-electron chi connectivity index (χ3n) is 9.04. The second-order valence-electron chi connectivity index (χ2n) is 12.0. The first-order valence-electron chi connectivity index (χ1n) is 14.1. The van der Waals surface area contributed by atoms with E-state index in [1.807, 2.05) is 17.7 Å². The molecule has 2 fully saturated rings. The fourth-order valence-corrected chi connectivity index (χ4v) is 6.52. The maximum absolute atomic E-state index is 14.3. The number of pyridine rings is 1. The highest BCUT2D eigenvalue weighted by Crippen LogP contribution is 2.50. The molecule has 3 aromatic heterocycles. The summed E-state index contributed by atoms with van der Waals surface area (Å²) in [5, 5.41) is 17.6. The molecule has 0 radical (unpaired) electrons. The molecule has 2 aliphatic rings. The van der Waals surface area contributed by atoms with Crippen LogP contribution in [0.25, 0.3) is 11.2 Å². The first-order chi connectivity index (χ1) is 20.3. The molecule has 1 aliphatic carbocycles. The number of rotatable bonds is 6. The summed E-state index contributed by atoms with van der Waals surface area (Å²) in [6.07, 6.45) is 0.699. The molecule has 1 saturated carbocycles. The highest BCUT2D eigenvalue weighted by molar-refractivity contribution is 5.58. The zero-order valence-electron chi connectivity index (χ0n) is 23.7. The summed E-state index contributed by atoms with van der Waals surface area (Å²) >= 11 is 0. The lowest BCUT2D eigenvalue weighted by Crippen LogP contribution is -2.45. The number of aryl methyl sites for hydroxylation is 1. The number of nitriles is 1. The van der Waals surface area contributed by atoms with Gasteiger partial charge in [0.15, 0.2) is 0 Å². The molecule has 0 unspecified atom stereocenters. The fourth-order valence-electron chi connectivity index (χ4n) is 6.52. The minimum atomic E-state index is -4.75. The smallest absolute Gasteiger partial charge is 0.321 e. The minimum absolute atomic E-state index is 0.0111. The lowest BCUT2D eigenvalue weighted by molar-refractivity contribution is -0.136. The van der Waals surface area contributed by atoms with Crippen molar-refractivity contribution in [3.63, 3.8) is 0 Å². The molecule has 0 bridgehead atoms. The average Bonchev–Trinajstić information content (AvgIpc) is 3.49. The molecule has 43 heavy (non-hydrogen) atoms. The van der Waals surface area contributed by atoms with E-state index >= 15 is 0 Å². The summed E-state index contributed by atoms with van der Waals surface area (Å²) < 4.78 is 74.8. The van der Waals surface area contributed by atoms with E-state index < -0.39 is 34.7 Å². The number of hydrogen-bond acceptors (Lipinski definition) is 5. The number of alkyl halides is 5. The van der Waals surface area contributed by atoms with Gasteiger partial charge in [0.25, 0.3) is 5.92 Å². The van der Waals surface area contributed by atoms with E-state index in [1.165, 1.54) is 23.9 Å². The number of aromatic nitrogens is 5. The SMILES string of the molecule is C[C@@H]1CN(Cc2cc(C(F)(F)F)c3cn(-c4cccc(C5(Cc6nncn6C)CC(C#N)C5)c4)c(=O)n3c2)CCC1(F)F. The van der Waals surface area contributed by atoms with Crippen LogP contribution in [0, 0.1) is 23.2 Å². The number of halogens is 5. The summed E-state index contributed by atoms with van der Waals surface area (Å²) in [5.74, 6) is -3.15. The summed E-state index contributed by atoms with van der Waals surface area (Å²) in [6, 6.07) is 10.4. The Kier molecular flexibility index (Phi) is 6.95. The number of benzene rings is 1. The second-order valence-corrected chi connectivity index (χ2v) is 12.0. The van der Waals surface area contributed by atoms with Crippen LogP contribution in [0.1, 0.15) is 48.7 Å². The van der Waals surface area contributed by atoms with Gasteiger partial charge in [-0.25, -0.2) is 13.6 Å². The van der Waals surface area contributed by atoms with Crippen molar-refractivity contribution in [1.82, 2.24) is 28.6 Å². The first-order valence-corrected chi connectivity index (χ1v) is 14.1. The predicted octanol–water partition coefficient (Wildman–Crippen LogP) is 5.13. The number of hydrogen-bond donors (Lipinski definition) is 0. The normalized spacial score (nSPS) is 24.1. The average molecular weight is 600 g/mol. The van der Waals surface area contributed by atoms with Gasteiger partial charge in [-0.05, 0) is 42.2 Å². The van der Waals surface area contributed by atoms with E-state index in [4.69, 9.17) is 0 Å². The molecule has 4 aromatic rings. The third-order valence-corrected chi connectivity index (χ3v) is 9.04. The topological polar surface area (TPSA) is 84.2 Å². The van der Waals surface area contributed by atoms with E-state index in [2.05, 4.69) is 16.3 Å². The number of piperidine rings is 1. The Labute approximate surface area is 244 Å². The molecule has 1 saturated heterocycles. The monoisotopic (exact) mass is 599 g/mol. The Morgan fingerprint density at radius 1 is 1.16 bits per heavy atom. The number of fused-ring (bicyclic) bond motifs is 1. The standard InChI is InChI=1S/C30H30F5N7O/c1-19-14-40(7-6-29(19,31)32)15-20-8-24(30(33,34)35)25-17-41(27(43)42(25)16-20)23-5-3-4-22(9-23)28(10-21(11-28)13-36)12-26-38-37-18-39(26)2/h3-5,8-9,16-19,21H,6-7,10-12,14-15H2,1-2H3/t19-,21?,28?/m1/s1. The molecule has 4 heterocycles. The molecular weight excluding hydrogens is 569 g/mol. The minimum Gasteiger partial charge on any atom is -0.321 e. The van der Waals surface area contributed by atoms with Crippen LogP contribution >= 0.6 is 0 Å². The van der Waals surface area contributed by atoms with Crippen molar-refractivity contribution in [3.05, 3.63) is 82.1 Å². The van der Waals surface area contributed by atoms with Gasteiger partial charge in [-0.15, -0.1) is 10.2 Å². The predicted molar refractivity (Wildman–Crippen MR) is 147 cm³/mol. The van der Waals surface area contributed by atoms with Crippen LogP contribution < -0.4 is 5.69 Å². The Balaban J connectivity index is 1.38. The van der Waals surface area contributed by atoms with Crippen molar-refractivity contribution in [1.29, 1.82) is 5.26 Å². The maximum atomic E-state index is 14.3. The second kappa shape index (κ2) is 10.3. The number of likely N-dealkylation sites (tertiary alicyclic amines) is 1. The Morgan fingerprint density at radius 3 is 2.58 bits per heavy atom. The summed E-state index contributed by atoms with van der Waals surface area (Å²) in [6.45, 7) is 1.52. The lowest BCUT2D eigenvalue weighted by Gasteiger charge is -2.45. The molecule has 13 heteroatoms. The molecule has 0 N–H and O–H groups in total. The van der Waals surface area contributed by atoms with Crippen LogP contribution in [0.2, 0.25) is 0 Å². The summed E-state index contributed by atoms with van der Waals surface area (Å²) in [4.78, 5) is 15.3. The van der Waals surface area contributed by atoms with Crippen molar-refractivity contribution >= 4 is 5.52 Å². The zero-order valence-corrected chi connectivity index (χ0v) is 23.7. The van der Waals surface area contributed by atoms with Gasteiger partial charge in [0.05, 0.1) is 22.8 Å². The summed E-state index contributed by atoms with van der Waals surface area (Å²) in [7, 11) is 1.83. The number of nitrogens with zero attached hydrogens (tertiary/aromatic N) is 7. The van der Waals surface area contributed by atoms with Crippen molar-refractivity contribution < 1.29 is 22.0 Å². The summed E-state index contributed by atoms with van der Waals surface area (Å²) in [5.41, 5.74) is -0.921. The van der Waals surface area contributed by atoms with Gasteiger partial charge in [0, 0.05) is 69.2 Å². The highest BCUT2D eigenvalue weighted by Gasteiger charge is 2.47. The molecule has 1 aromatic carbocycles. The van der Waals surface area contributed by atoms with Crippen molar-refractivity contribution in [2.75, 3.05) is 13.1 Å². The van der Waals surface area contributed by atoms with Gasteiger partial charge in [0.1, 0.15) is 12.2 Å². The molecular formula is C30H30F5N7O. The fraction of sp³-hybridized carbons (Fsp3) is 0.467. The van der Waals surface area contributed by atoms with Crippen molar-refractivity contribution in [3.8, 4) is 11.8 Å². The van der Waals surface area contributed by atoms with Crippen LogP contribution in [-0.4, -0.2) is 47.6 Å². The Hall–Kier alpha value is -4.05. The van der Waals surface area contributed by atoms with Gasteiger partial charge in [-0.3, -0.25) is 13.9 Å². The molecule has 226 valence electrons. The third kappa shape index (κ3) is 5.22. The van der Waals surface area contributed by atoms with Gasteiger partial charge in [-0.2, -0.15) is 18.4 Å². The van der Waals surface area contributed by atoms with Crippen LogP contribution in [0.3, 0.4) is 0 Å². The molecule has 1 aliphatic heterocycles. The molecule has 6 rings (SSSR count). The quantitative estimate of drug-likeness (QED) is 0.287. The van der Waals surface area contributed by atoms with Gasteiger partial charge >= 0.3 is 11.9 Å². The van der Waals surface area contributed by atoms with Gasteiger partial charge < -0.3 is 4.57 Å². The molecule has 0 spiro atoms. The lowest BCUT2D eigenvalue weighted by atomic mass is 9.57. The molecule has 1 atom stereocenters. The Morgan fingerprint density at radius 2 is 1.93 bits per heavy atom. The first kappa shape index (κ1) is 29.0.